The van der Waals surface area contributed by atoms with Crippen LogP contribution in [0.25, 0.3) is 10.6 Å². The predicted molar refractivity (Wildman–Crippen MR) is 121 cm³/mol. The number of thiazole rings is 1. The van der Waals surface area contributed by atoms with E-state index in [0.717, 1.165) is 29.8 Å². The third-order valence-electron chi connectivity index (χ3n) is 4.93. The standard InChI is InChI=1S/C23H24N4O2S/c1-3-15-4-6-16(7-5-15)22-24-14(2)20(30-22)21(28)25-17-8-10-18(11-9-17)26-23(29)27-19-12-13-19/h4-11,19H,3,12-13H2,1-2H3,(H,25,28)(H2,26,27,29). The van der Waals surface area contributed by atoms with Gasteiger partial charge in [0.2, 0.25) is 0 Å². The van der Waals surface area contributed by atoms with Crippen molar-refractivity contribution in [3.63, 3.8) is 0 Å². The van der Waals surface area contributed by atoms with E-state index in [4.69, 9.17) is 0 Å². The normalized spacial score (nSPS) is 13.0. The molecule has 0 aliphatic heterocycles. The number of anilines is 2. The van der Waals surface area contributed by atoms with Crippen molar-refractivity contribution in [1.82, 2.24) is 10.3 Å². The molecule has 1 saturated carbocycles. The lowest BCUT2D eigenvalue weighted by Gasteiger charge is -2.08. The molecule has 0 bridgehead atoms. The lowest BCUT2D eigenvalue weighted by molar-refractivity contribution is 0.103. The van der Waals surface area contributed by atoms with E-state index in [1.165, 1.54) is 16.9 Å². The van der Waals surface area contributed by atoms with Crippen LogP contribution in [0.4, 0.5) is 16.2 Å². The summed E-state index contributed by atoms with van der Waals surface area (Å²) in [5.74, 6) is -0.186. The molecule has 0 atom stereocenters. The number of nitrogens with one attached hydrogen (secondary N) is 3. The molecule has 0 unspecified atom stereocenters. The van der Waals surface area contributed by atoms with Crippen LogP contribution in [0.2, 0.25) is 0 Å². The van der Waals surface area contributed by atoms with Gasteiger partial charge in [-0.1, -0.05) is 31.2 Å². The van der Waals surface area contributed by atoms with E-state index in [0.29, 0.717) is 28.0 Å². The van der Waals surface area contributed by atoms with Gasteiger partial charge in [0.25, 0.3) is 5.91 Å². The van der Waals surface area contributed by atoms with Gasteiger partial charge in [0.1, 0.15) is 9.88 Å². The monoisotopic (exact) mass is 420 g/mol. The summed E-state index contributed by atoms with van der Waals surface area (Å²) in [6, 6.07) is 15.4. The zero-order valence-corrected chi connectivity index (χ0v) is 17.8. The molecular formula is C23H24N4O2S. The largest absolute Gasteiger partial charge is 0.335 e. The maximum atomic E-state index is 12.8. The molecule has 0 spiro atoms. The van der Waals surface area contributed by atoms with Crippen LogP contribution in [0.15, 0.2) is 48.5 Å². The highest BCUT2D eigenvalue weighted by molar-refractivity contribution is 7.17. The first kappa shape index (κ1) is 20.1. The van der Waals surface area contributed by atoms with E-state index in [9.17, 15) is 9.59 Å². The fourth-order valence-electron chi connectivity index (χ4n) is 3.02. The number of rotatable bonds is 6. The Labute approximate surface area is 179 Å². The second-order valence-corrected chi connectivity index (χ2v) is 8.39. The molecule has 1 aromatic heterocycles. The van der Waals surface area contributed by atoms with E-state index in [1.807, 2.05) is 19.1 Å². The minimum absolute atomic E-state index is 0.186. The van der Waals surface area contributed by atoms with Crippen LogP contribution in [0, 0.1) is 6.92 Å². The van der Waals surface area contributed by atoms with Gasteiger partial charge < -0.3 is 16.0 Å². The molecule has 3 aromatic rings. The third-order valence-corrected chi connectivity index (χ3v) is 6.13. The van der Waals surface area contributed by atoms with E-state index in [-0.39, 0.29) is 11.9 Å². The number of nitrogens with zero attached hydrogens (tertiary/aromatic N) is 1. The Balaban J connectivity index is 1.40. The summed E-state index contributed by atoms with van der Waals surface area (Å²) >= 11 is 1.39. The van der Waals surface area contributed by atoms with Crippen molar-refractivity contribution in [1.29, 1.82) is 0 Å². The van der Waals surface area contributed by atoms with Crippen molar-refractivity contribution in [2.45, 2.75) is 39.2 Å². The van der Waals surface area contributed by atoms with Crippen LogP contribution >= 0.6 is 11.3 Å². The lowest BCUT2D eigenvalue weighted by Crippen LogP contribution is -2.30. The average Bonchev–Trinajstić information content (AvgIpc) is 3.47. The van der Waals surface area contributed by atoms with Crippen LogP contribution in [0.1, 0.15) is 40.7 Å². The van der Waals surface area contributed by atoms with Gasteiger partial charge in [0.15, 0.2) is 0 Å². The number of hydrogen-bond acceptors (Lipinski definition) is 4. The number of benzene rings is 2. The van der Waals surface area contributed by atoms with Crippen LogP contribution in [0.3, 0.4) is 0 Å². The molecule has 4 rings (SSSR count). The topological polar surface area (TPSA) is 83.1 Å². The quantitative estimate of drug-likeness (QED) is 0.511. The second-order valence-electron chi connectivity index (χ2n) is 7.39. The first-order chi connectivity index (χ1) is 14.5. The van der Waals surface area contributed by atoms with Crippen molar-refractivity contribution in [3.05, 3.63) is 64.7 Å². The van der Waals surface area contributed by atoms with E-state index in [2.05, 4.69) is 40.0 Å². The highest BCUT2D eigenvalue weighted by Gasteiger charge is 2.23. The highest BCUT2D eigenvalue weighted by atomic mass is 32.1. The summed E-state index contributed by atoms with van der Waals surface area (Å²) in [5.41, 5.74) is 4.34. The maximum Gasteiger partial charge on any atom is 0.319 e. The van der Waals surface area contributed by atoms with E-state index < -0.39 is 0 Å². The molecule has 1 aliphatic rings. The molecule has 6 nitrogen and oxygen atoms in total. The van der Waals surface area contributed by atoms with Crippen molar-refractivity contribution in [3.8, 4) is 10.6 Å². The van der Waals surface area contributed by atoms with Gasteiger partial charge >= 0.3 is 6.03 Å². The Hall–Kier alpha value is -3.19. The summed E-state index contributed by atoms with van der Waals surface area (Å²) in [5, 5.41) is 9.41. The fourth-order valence-corrected chi connectivity index (χ4v) is 3.99. The molecule has 2 aromatic carbocycles. The Morgan fingerprint density at radius 3 is 2.23 bits per heavy atom. The predicted octanol–water partition coefficient (Wildman–Crippen LogP) is 5.22. The average molecular weight is 421 g/mol. The van der Waals surface area contributed by atoms with Crippen LogP contribution in [0.5, 0.6) is 0 Å². The molecule has 1 fully saturated rings. The Morgan fingerprint density at radius 2 is 1.63 bits per heavy atom. The molecule has 30 heavy (non-hydrogen) atoms. The number of aryl methyl sites for hydroxylation is 2. The lowest BCUT2D eigenvalue weighted by atomic mass is 10.1. The molecular weight excluding hydrogens is 396 g/mol. The molecule has 1 aliphatic carbocycles. The first-order valence-corrected chi connectivity index (χ1v) is 10.9. The van der Waals surface area contributed by atoms with Crippen LogP contribution in [-0.4, -0.2) is 23.0 Å². The smallest absolute Gasteiger partial charge is 0.319 e. The summed E-state index contributed by atoms with van der Waals surface area (Å²) in [4.78, 5) is 29.7. The second kappa shape index (κ2) is 8.67. The van der Waals surface area contributed by atoms with Crippen LogP contribution in [-0.2, 0) is 6.42 Å². The Kier molecular flexibility index (Phi) is 5.81. The molecule has 0 radical (unpaired) electrons. The highest BCUT2D eigenvalue weighted by Crippen LogP contribution is 2.29. The molecule has 1 heterocycles. The summed E-state index contributed by atoms with van der Waals surface area (Å²) in [6.07, 6.45) is 3.08. The van der Waals surface area contributed by atoms with Gasteiger partial charge in [-0.05, 0) is 56.0 Å². The molecule has 0 saturated heterocycles. The van der Waals surface area contributed by atoms with Gasteiger partial charge in [-0.2, -0.15) is 0 Å². The van der Waals surface area contributed by atoms with E-state index in [1.54, 1.807) is 24.3 Å². The summed E-state index contributed by atoms with van der Waals surface area (Å²) in [6.45, 7) is 3.97. The third kappa shape index (κ3) is 4.86. The van der Waals surface area contributed by atoms with Crippen molar-refractivity contribution in [2.75, 3.05) is 10.6 Å². The summed E-state index contributed by atoms with van der Waals surface area (Å²) in [7, 11) is 0. The Morgan fingerprint density at radius 1 is 1.00 bits per heavy atom. The van der Waals surface area contributed by atoms with Gasteiger partial charge in [0.05, 0.1) is 5.69 Å². The number of amides is 3. The first-order valence-electron chi connectivity index (χ1n) is 10.1. The molecule has 154 valence electrons. The van der Waals surface area contributed by atoms with Gasteiger partial charge in [-0.15, -0.1) is 11.3 Å². The van der Waals surface area contributed by atoms with Gasteiger partial charge in [0, 0.05) is 23.0 Å². The molecule has 3 N–H and O–H groups in total. The SMILES string of the molecule is CCc1ccc(-c2nc(C)c(C(=O)Nc3ccc(NC(=O)NC4CC4)cc3)s2)cc1. The van der Waals surface area contributed by atoms with E-state index >= 15 is 0 Å². The fraction of sp³-hybridized carbons (Fsp3) is 0.261. The van der Waals surface area contributed by atoms with Crippen molar-refractivity contribution >= 4 is 34.6 Å². The summed E-state index contributed by atoms with van der Waals surface area (Å²) < 4.78 is 0. The number of urea groups is 1. The van der Waals surface area contributed by atoms with Crippen molar-refractivity contribution < 1.29 is 9.59 Å². The Bertz CT molecular complexity index is 1050. The minimum Gasteiger partial charge on any atom is -0.335 e. The number of carbonyl (C=O) groups excluding carboxylic acids is 2. The molecule has 3 amide bonds. The maximum absolute atomic E-state index is 12.8. The van der Waals surface area contributed by atoms with Gasteiger partial charge in [-0.25, -0.2) is 9.78 Å². The zero-order chi connectivity index (χ0) is 21.1. The zero-order valence-electron chi connectivity index (χ0n) is 17.0. The molecule has 7 heteroatoms. The van der Waals surface area contributed by atoms with Crippen LogP contribution < -0.4 is 16.0 Å². The number of hydrogen-bond donors (Lipinski definition) is 3. The van der Waals surface area contributed by atoms with Crippen molar-refractivity contribution in [2.24, 2.45) is 0 Å². The number of carbonyl (C=O) groups is 2. The minimum atomic E-state index is -0.200. The van der Waals surface area contributed by atoms with Gasteiger partial charge in [-0.3, -0.25) is 4.79 Å². The number of aromatic nitrogens is 1.